The smallest absolute Gasteiger partial charge is 0.337 e. The van der Waals surface area contributed by atoms with E-state index in [1.54, 1.807) is 6.07 Å². The van der Waals surface area contributed by atoms with Crippen molar-refractivity contribution in [3.8, 4) is 11.1 Å². The van der Waals surface area contributed by atoms with Crippen molar-refractivity contribution in [3.63, 3.8) is 0 Å². The van der Waals surface area contributed by atoms with Crippen molar-refractivity contribution in [2.24, 2.45) is 5.73 Å². The number of pyridine rings is 1. The molecule has 1 heterocycles. The van der Waals surface area contributed by atoms with Crippen LogP contribution in [0.15, 0.2) is 36.7 Å². The van der Waals surface area contributed by atoms with Gasteiger partial charge in [-0.15, -0.1) is 0 Å². The predicted octanol–water partition coefficient (Wildman–Crippen LogP) is 2.20. The van der Waals surface area contributed by atoms with Gasteiger partial charge < -0.3 is 10.8 Å². The maximum atomic E-state index is 11.2. The topological polar surface area (TPSA) is 93.3 Å². The van der Waals surface area contributed by atoms with Crippen LogP contribution in [0, 0.1) is 0 Å². The number of aromatic nitrogens is 1. The first kappa shape index (κ1) is 13.0. The summed E-state index contributed by atoms with van der Waals surface area (Å²) in [6.07, 6.45) is 2.75. The van der Waals surface area contributed by atoms with Crippen LogP contribution in [0.5, 0.6) is 0 Å². The molecule has 96 valence electrons. The molecule has 0 saturated carbocycles. The van der Waals surface area contributed by atoms with Gasteiger partial charge in [0.15, 0.2) is 0 Å². The lowest BCUT2D eigenvalue weighted by atomic mass is 10.0. The quantitative estimate of drug-likeness (QED) is 0.898. The number of aromatic carboxylic acids is 1. The number of hydrogen-bond donors (Lipinski definition) is 2. The maximum absolute atomic E-state index is 11.2. The number of benzene rings is 1. The summed E-state index contributed by atoms with van der Waals surface area (Å²) in [5.41, 5.74) is 6.64. The van der Waals surface area contributed by atoms with Gasteiger partial charge in [-0.3, -0.25) is 9.78 Å². The molecule has 0 atom stereocenters. The van der Waals surface area contributed by atoms with Gasteiger partial charge in [0.1, 0.15) is 0 Å². The Morgan fingerprint density at radius 1 is 1.16 bits per heavy atom. The average molecular weight is 277 g/mol. The van der Waals surface area contributed by atoms with Crippen LogP contribution in [0.3, 0.4) is 0 Å². The largest absolute Gasteiger partial charge is 0.478 e. The van der Waals surface area contributed by atoms with Crippen molar-refractivity contribution < 1.29 is 14.7 Å². The molecular weight excluding hydrogens is 268 g/mol. The van der Waals surface area contributed by atoms with Gasteiger partial charge in [0, 0.05) is 18.0 Å². The van der Waals surface area contributed by atoms with Crippen LogP contribution in [-0.2, 0) is 0 Å². The molecule has 1 aromatic carbocycles. The third kappa shape index (κ3) is 2.71. The van der Waals surface area contributed by atoms with E-state index in [1.807, 2.05) is 0 Å². The van der Waals surface area contributed by atoms with Crippen molar-refractivity contribution in [1.29, 1.82) is 0 Å². The monoisotopic (exact) mass is 276 g/mol. The molecule has 0 unspecified atom stereocenters. The van der Waals surface area contributed by atoms with E-state index in [1.165, 1.54) is 30.6 Å². The highest BCUT2D eigenvalue weighted by Gasteiger charge is 2.10. The molecule has 2 aromatic rings. The lowest BCUT2D eigenvalue weighted by Gasteiger charge is -2.05. The normalized spacial score (nSPS) is 10.2. The molecule has 1 aromatic heterocycles. The second kappa shape index (κ2) is 5.07. The Kier molecular flexibility index (Phi) is 3.48. The Hall–Kier alpha value is -2.40. The summed E-state index contributed by atoms with van der Waals surface area (Å²) < 4.78 is 0. The fourth-order valence-corrected chi connectivity index (χ4v) is 1.82. The second-order valence-electron chi connectivity index (χ2n) is 3.83. The van der Waals surface area contributed by atoms with E-state index in [0.29, 0.717) is 11.1 Å². The summed E-state index contributed by atoms with van der Waals surface area (Å²) >= 11 is 5.85. The summed E-state index contributed by atoms with van der Waals surface area (Å²) in [4.78, 5) is 25.9. The number of carboxylic acids is 1. The minimum absolute atomic E-state index is 0.0630. The van der Waals surface area contributed by atoms with Crippen molar-refractivity contribution in [2.45, 2.75) is 0 Å². The first-order valence-corrected chi connectivity index (χ1v) is 5.65. The van der Waals surface area contributed by atoms with Gasteiger partial charge in [0.2, 0.25) is 5.91 Å². The highest BCUT2D eigenvalue weighted by atomic mass is 35.5. The summed E-state index contributed by atoms with van der Waals surface area (Å²) in [5, 5.41) is 9.16. The zero-order valence-electron chi connectivity index (χ0n) is 9.63. The average Bonchev–Trinajstić information content (AvgIpc) is 2.39. The number of halogens is 1. The first-order chi connectivity index (χ1) is 8.99. The van der Waals surface area contributed by atoms with E-state index in [9.17, 15) is 9.59 Å². The van der Waals surface area contributed by atoms with Crippen LogP contribution in [0.25, 0.3) is 11.1 Å². The maximum Gasteiger partial charge on any atom is 0.337 e. The molecule has 1 amide bonds. The Morgan fingerprint density at radius 3 is 2.53 bits per heavy atom. The van der Waals surface area contributed by atoms with Crippen LogP contribution in [0.4, 0.5) is 0 Å². The number of rotatable bonds is 3. The first-order valence-electron chi connectivity index (χ1n) is 5.27. The number of carbonyl (C=O) groups is 2. The van der Waals surface area contributed by atoms with Gasteiger partial charge in [-0.2, -0.15) is 0 Å². The van der Waals surface area contributed by atoms with Crippen molar-refractivity contribution in [3.05, 3.63) is 52.8 Å². The molecule has 0 bridgehead atoms. The SMILES string of the molecule is NC(=O)c1cc(-c2cncc(C(=O)O)c2)ccc1Cl. The van der Waals surface area contributed by atoms with E-state index < -0.39 is 11.9 Å². The second-order valence-corrected chi connectivity index (χ2v) is 4.23. The number of hydrogen-bond acceptors (Lipinski definition) is 3. The van der Waals surface area contributed by atoms with E-state index in [-0.39, 0.29) is 16.1 Å². The molecule has 5 nitrogen and oxygen atoms in total. The zero-order chi connectivity index (χ0) is 14.0. The number of nitrogens with zero attached hydrogens (tertiary/aromatic N) is 1. The standard InChI is InChI=1S/C13H9ClN2O3/c14-11-2-1-7(4-10(11)12(15)17)8-3-9(13(18)19)6-16-5-8/h1-6H,(H2,15,17)(H,18,19). The lowest BCUT2D eigenvalue weighted by Crippen LogP contribution is -2.11. The van der Waals surface area contributed by atoms with E-state index >= 15 is 0 Å². The molecule has 0 radical (unpaired) electrons. The predicted molar refractivity (Wildman–Crippen MR) is 70.2 cm³/mol. The highest BCUT2D eigenvalue weighted by molar-refractivity contribution is 6.33. The van der Waals surface area contributed by atoms with Gasteiger partial charge in [0.25, 0.3) is 0 Å². The number of nitrogens with two attached hydrogens (primary N) is 1. The molecule has 19 heavy (non-hydrogen) atoms. The molecule has 0 aliphatic heterocycles. The number of carbonyl (C=O) groups excluding carboxylic acids is 1. The van der Waals surface area contributed by atoms with E-state index in [2.05, 4.69) is 4.98 Å². The molecule has 0 fully saturated rings. The molecule has 2 rings (SSSR count). The minimum atomic E-state index is -1.07. The molecule has 0 saturated heterocycles. The number of primary amides is 1. The number of carboxylic acid groups (broad SMARTS) is 1. The minimum Gasteiger partial charge on any atom is -0.478 e. The Bertz CT molecular complexity index is 671. The molecule has 0 aliphatic carbocycles. The van der Waals surface area contributed by atoms with Crippen LogP contribution in [0.1, 0.15) is 20.7 Å². The third-order valence-corrected chi connectivity index (χ3v) is 2.88. The van der Waals surface area contributed by atoms with Crippen LogP contribution in [-0.4, -0.2) is 22.0 Å². The van der Waals surface area contributed by atoms with Crippen molar-refractivity contribution >= 4 is 23.5 Å². The molecule has 3 N–H and O–H groups in total. The molecular formula is C13H9ClN2O3. The highest BCUT2D eigenvalue weighted by Crippen LogP contribution is 2.25. The van der Waals surface area contributed by atoms with Gasteiger partial charge in [-0.25, -0.2) is 4.79 Å². The van der Waals surface area contributed by atoms with Gasteiger partial charge in [-0.05, 0) is 23.8 Å². The van der Waals surface area contributed by atoms with E-state index in [4.69, 9.17) is 22.4 Å². The van der Waals surface area contributed by atoms with E-state index in [0.717, 1.165) is 0 Å². The third-order valence-electron chi connectivity index (χ3n) is 2.55. The summed E-state index contributed by atoms with van der Waals surface area (Å²) in [5.74, 6) is -1.72. The Morgan fingerprint density at radius 2 is 1.89 bits per heavy atom. The van der Waals surface area contributed by atoms with Crippen LogP contribution in [0.2, 0.25) is 5.02 Å². The summed E-state index contributed by atoms with van der Waals surface area (Å²) in [7, 11) is 0. The van der Waals surface area contributed by atoms with Gasteiger partial charge in [0.05, 0.1) is 16.1 Å². The summed E-state index contributed by atoms with van der Waals surface area (Å²) in [6.45, 7) is 0. The fourth-order valence-electron chi connectivity index (χ4n) is 1.61. The Balaban J connectivity index is 2.53. The zero-order valence-corrected chi connectivity index (χ0v) is 10.4. The molecule has 0 spiro atoms. The number of amides is 1. The molecule has 0 aliphatic rings. The van der Waals surface area contributed by atoms with Crippen molar-refractivity contribution in [2.75, 3.05) is 0 Å². The summed E-state index contributed by atoms with van der Waals surface area (Å²) in [6, 6.07) is 6.17. The van der Waals surface area contributed by atoms with Gasteiger partial charge in [-0.1, -0.05) is 17.7 Å². The fraction of sp³-hybridized carbons (Fsp3) is 0. The van der Waals surface area contributed by atoms with Crippen molar-refractivity contribution in [1.82, 2.24) is 4.98 Å². The van der Waals surface area contributed by atoms with Crippen LogP contribution >= 0.6 is 11.6 Å². The van der Waals surface area contributed by atoms with Crippen LogP contribution < -0.4 is 5.73 Å². The lowest BCUT2D eigenvalue weighted by molar-refractivity contribution is 0.0696. The Labute approximate surface area is 113 Å². The molecule has 6 heteroatoms. The van der Waals surface area contributed by atoms with Gasteiger partial charge >= 0.3 is 5.97 Å².